The Kier molecular flexibility index (Phi) is 7.51. The summed E-state index contributed by atoms with van der Waals surface area (Å²) in [4.78, 5) is 27.2. The number of carbonyl (C=O) groups is 2. The summed E-state index contributed by atoms with van der Waals surface area (Å²) in [6.45, 7) is 0.751. The number of unbranched alkanes of at least 4 members (excludes halogenated alkanes) is 2. The Hall–Kier alpha value is -3.04. The Bertz CT molecular complexity index is 1080. The van der Waals surface area contributed by atoms with Crippen LogP contribution in [0.25, 0.3) is 6.08 Å². The van der Waals surface area contributed by atoms with Gasteiger partial charge in [0.1, 0.15) is 10.1 Å². The molecule has 0 radical (unpaired) electrons. The third kappa shape index (κ3) is 5.85. The van der Waals surface area contributed by atoms with Gasteiger partial charge in [0.25, 0.3) is 5.91 Å². The van der Waals surface area contributed by atoms with Crippen molar-refractivity contribution in [2.45, 2.75) is 25.7 Å². The van der Waals surface area contributed by atoms with Gasteiger partial charge in [-0.3, -0.25) is 14.5 Å². The molecule has 2 aromatic carbocycles. The second-order valence-electron chi connectivity index (χ2n) is 7.53. The minimum absolute atomic E-state index is 0.0538. The molecule has 2 aliphatic rings. The number of hydrogen-bond acceptors (Lipinski definition) is 7. The van der Waals surface area contributed by atoms with E-state index in [0.29, 0.717) is 39.4 Å². The van der Waals surface area contributed by atoms with Crippen molar-refractivity contribution >= 4 is 51.9 Å². The maximum atomic E-state index is 12.7. The standard InChI is InChI=1S/C24H24N2O5S2/c1-29-18-9-6-16(7-10-18)13-21-23(28)26(24(32)33-21)12-4-2-3-5-22(27)25-17-8-11-19-20(14-17)31-15-30-19/h6-11,13-14H,2-5,12,15H2,1H3,(H,25,27)/b21-13-. The van der Waals surface area contributed by atoms with Crippen molar-refractivity contribution in [3.63, 3.8) is 0 Å². The predicted molar refractivity (Wildman–Crippen MR) is 133 cm³/mol. The van der Waals surface area contributed by atoms with E-state index in [4.69, 9.17) is 26.4 Å². The first kappa shape index (κ1) is 23.1. The number of amides is 2. The first-order valence-corrected chi connectivity index (χ1v) is 11.8. The monoisotopic (exact) mass is 484 g/mol. The molecule has 1 N–H and O–H groups in total. The topological polar surface area (TPSA) is 77.1 Å². The van der Waals surface area contributed by atoms with E-state index in [1.54, 1.807) is 30.2 Å². The predicted octanol–water partition coefficient (Wildman–Crippen LogP) is 4.82. The fourth-order valence-corrected chi connectivity index (χ4v) is 4.78. The molecule has 4 rings (SSSR count). The van der Waals surface area contributed by atoms with Gasteiger partial charge in [-0.1, -0.05) is 42.5 Å². The third-order valence-electron chi connectivity index (χ3n) is 5.23. The molecule has 2 aliphatic heterocycles. The fourth-order valence-electron chi connectivity index (χ4n) is 3.47. The molecule has 0 spiro atoms. The molecule has 0 atom stereocenters. The number of thiocarbonyl (C=S) groups is 1. The van der Waals surface area contributed by atoms with Crippen LogP contribution in [0.4, 0.5) is 5.69 Å². The molecule has 0 unspecified atom stereocenters. The second kappa shape index (κ2) is 10.7. The lowest BCUT2D eigenvalue weighted by Gasteiger charge is -2.14. The molecule has 9 heteroatoms. The number of fused-ring (bicyclic) bond motifs is 1. The number of nitrogens with one attached hydrogen (secondary N) is 1. The number of anilines is 1. The van der Waals surface area contributed by atoms with Crippen LogP contribution in [-0.4, -0.2) is 41.5 Å². The molecule has 2 aromatic rings. The molecule has 33 heavy (non-hydrogen) atoms. The summed E-state index contributed by atoms with van der Waals surface area (Å²) in [6, 6.07) is 12.8. The van der Waals surface area contributed by atoms with Gasteiger partial charge >= 0.3 is 0 Å². The van der Waals surface area contributed by atoms with Gasteiger partial charge in [0.15, 0.2) is 11.5 Å². The van der Waals surface area contributed by atoms with Crippen LogP contribution in [0.15, 0.2) is 47.4 Å². The van der Waals surface area contributed by atoms with Crippen LogP contribution in [-0.2, 0) is 9.59 Å². The number of benzene rings is 2. The number of rotatable bonds is 9. The normalized spacial score (nSPS) is 15.9. The third-order valence-corrected chi connectivity index (χ3v) is 6.61. The minimum atomic E-state index is -0.0682. The van der Waals surface area contributed by atoms with Gasteiger partial charge in [0.05, 0.1) is 12.0 Å². The van der Waals surface area contributed by atoms with Gasteiger partial charge in [-0.05, 0) is 48.7 Å². The average Bonchev–Trinajstić information content (AvgIpc) is 3.38. The first-order valence-electron chi connectivity index (χ1n) is 10.6. The number of ether oxygens (including phenoxy) is 3. The molecule has 2 heterocycles. The molecule has 0 aromatic heterocycles. The van der Waals surface area contributed by atoms with Crippen molar-refractivity contribution in [1.29, 1.82) is 0 Å². The molecule has 172 valence electrons. The van der Waals surface area contributed by atoms with Crippen molar-refractivity contribution in [2.24, 2.45) is 0 Å². The molecule has 0 bridgehead atoms. The number of thioether (sulfide) groups is 1. The van der Waals surface area contributed by atoms with E-state index in [0.717, 1.165) is 30.6 Å². The molecular formula is C24H24N2O5S2. The number of hydrogen-bond donors (Lipinski definition) is 1. The van der Waals surface area contributed by atoms with Gasteiger partial charge in [-0.2, -0.15) is 0 Å². The maximum Gasteiger partial charge on any atom is 0.266 e. The van der Waals surface area contributed by atoms with Crippen molar-refractivity contribution < 1.29 is 23.8 Å². The molecule has 7 nitrogen and oxygen atoms in total. The van der Waals surface area contributed by atoms with Crippen LogP contribution in [0.5, 0.6) is 17.2 Å². The fraction of sp³-hybridized carbons (Fsp3) is 0.292. The van der Waals surface area contributed by atoms with E-state index in [1.165, 1.54) is 11.8 Å². The summed E-state index contributed by atoms with van der Waals surface area (Å²) in [6.07, 6.45) is 4.58. The summed E-state index contributed by atoms with van der Waals surface area (Å²) in [5.41, 5.74) is 1.61. The highest BCUT2D eigenvalue weighted by molar-refractivity contribution is 8.26. The van der Waals surface area contributed by atoms with E-state index < -0.39 is 0 Å². The lowest BCUT2D eigenvalue weighted by Crippen LogP contribution is -2.29. The zero-order valence-corrected chi connectivity index (χ0v) is 19.8. The van der Waals surface area contributed by atoms with Gasteiger partial charge in [-0.15, -0.1) is 0 Å². The van der Waals surface area contributed by atoms with Crippen LogP contribution in [0.3, 0.4) is 0 Å². The number of nitrogens with zero attached hydrogens (tertiary/aromatic N) is 1. The van der Waals surface area contributed by atoms with E-state index in [1.807, 2.05) is 30.3 Å². The Morgan fingerprint density at radius 2 is 1.94 bits per heavy atom. The second-order valence-corrected chi connectivity index (χ2v) is 9.21. The average molecular weight is 485 g/mol. The summed E-state index contributed by atoms with van der Waals surface area (Å²) in [5, 5.41) is 2.88. The van der Waals surface area contributed by atoms with Gasteiger partial charge in [0.2, 0.25) is 12.7 Å². The van der Waals surface area contributed by atoms with Crippen molar-refractivity contribution in [3.8, 4) is 17.2 Å². The van der Waals surface area contributed by atoms with Crippen LogP contribution in [0.1, 0.15) is 31.2 Å². The smallest absolute Gasteiger partial charge is 0.266 e. The molecule has 1 fully saturated rings. The SMILES string of the molecule is COc1ccc(/C=C2\SC(=S)N(CCCCCC(=O)Nc3ccc4c(c3)OCO4)C2=O)cc1. The quantitative estimate of drug-likeness (QED) is 0.310. The Morgan fingerprint density at radius 1 is 1.15 bits per heavy atom. The molecule has 0 aliphatic carbocycles. The number of carbonyl (C=O) groups excluding carboxylic acids is 2. The van der Waals surface area contributed by atoms with E-state index >= 15 is 0 Å². The summed E-state index contributed by atoms with van der Waals surface area (Å²) < 4.78 is 16.3. The lowest BCUT2D eigenvalue weighted by molar-refractivity contribution is -0.122. The summed E-state index contributed by atoms with van der Waals surface area (Å²) >= 11 is 6.72. The van der Waals surface area contributed by atoms with E-state index in [9.17, 15) is 9.59 Å². The molecule has 1 saturated heterocycles. The van der Waals surface area contributed by atoms with E-state index in [2.05, 4.69) is 5.32 Å². The Morgan fingerprint density at radius 3 is 2.73 bits per heavy atom. The molecule has 0 saturated carbocycles. The van der Waals surface area contributed by atoms with Crippen molar-refractivity contribution in [1.82, 2.24) is 4.90 Å². The molecule has 2 amide bonds. The zero-order chi connectivity index (χ0) is 23.2. The Labute approximate surface area is 202 Å². The zero-order valence-electron chi connectivity index (χ0n) is 18.2. The van der Waals surface area contributed by atoms with Crippen molar-refractivity contribution in [2.75, 3.05) is 25.8 Å². The highest BCUT2D eigenvalue weighted by Crippen LogP contribution is 2.34. The van der Waals surface area contributed by atoms with Crippen molar-refractivity contribution in [3.05, 3.63) is 52.9 Å². The lowest BCUT2D eigenvalue weighted by atomic mass is 10.1. The van der Waals surface area contributed by atoms with Gasteiger partial charge in [-0.25, -0.2) is 0 Å². The largest absolute Gasteiger partial charge is 0.497 e. The summed E-state index contributed by atoms with van der Waals surface area (Å²) in [5.74, 6) is 1.97. The molecular weight excluding hydrogens is 460 g/mol. The Balaban J connectivity index is 1.19. The van der Waals surface area contributed by atoms with Crippen LogP contribution >= 0.6 is 24.0 Å². The van der Waals surface area contributed by atoms with Gasteiger partial charge in [0, 0.05) is 24.7 Å². The maximum absolute atomic E-state index is 12.7. The van der Waals surface area contributed by atoms with Gasteiger partial charge < -0.3 is 19.5 Å². The van der Waals surface area contributed by atoms with Crippen LogP contribution in [0.2, 0.25) is 0 Å². The highest BCUT2D eigenvalue weighted by Gasteiger charge is 2.31. The van der Waals surface area contributed by atoms with E-state index in [-0.39, 0.29) is 18.6 Å². The van der Waals surface area contributed by atoms with Crippen LogP contribution < -0.4 is 19.5 Å². The highest BCUT2D eigenvalue weighted by atomic mass is 32.2. The van der Waals surface area contributed by atoms with Crippen LogP contribution in [0, 0.1) is 0 Å². The first-order chi connectivity index (χ1) is 16.0. The summed E-state index contributed by atoms with van der Waals surface area (Å²) in [7, 11) is 1.62. The number of methoxy groups -OCH3 is 1. The minimum Gasteiger partial charge on any atom is -0.497 e.